The second-order valence-electron chi connectivity index (χ2n) is 4.71. The van der Waals surface area contributed by atoms with E-state index in [9.17, 15) is 4.79 Å². The van der Waals surface area contributed by atoms with Crippen molar-refractivity contribution < 1.29 is 9.53 Å². The Labute approximate surface area is 146 Å². The lowest BCUT2D eigenvalue weighted by Gasteiger charge is -2.06. The van der Waals surface area contributed by atoms with Crippen LogP contribution in [0.25, 0.3) is 10.2 Å². The molecule has 0 fully saturated rings. The van der Waals surface area contributed by atoms with E-state index in [1.54, 1.807) is 6.07 Å². The van der Waals surface area contributed by atoms with Gasteiger partial charge in [0.15, 0.2) is 4.80 Å². The number of fused-ring (bicyclic) bond motifs is 1. The van der Waals surface area contributed by atoms with Crippen LogP contribution in [-0.4, -0.2) is 23.7 Å². The predicted molar refractivity (Wildman–Crippen MR) is 95.5 cm³/mol. The quantitative estimate of drug-likeness (QED) is 0.635. The van der Waals surface area contributed by atoms with E-state index in [0.717, 1.165) is 10.2 Å². The molecule has 7 heteroatoms. The average molecular weight is 367 g/mol. The minimum absolute atomic E-state index is 0.229. The maximum Gasteiger partial charge on any atom is 0.289 e. The summed E-state index contributed by atoms with van der Waals surface area (Å²) < 4.78 is 8.41. The normalized spacial score (nSPS) is 12.2. The fourth-order valence-corrected chi connectivity index (χ4v) is 4.24. The van der Waals surface area contributed by atoms with Gasteiger partial charge in [-0.2, -0.15) is 4.99 Å². The van der Waals surface area contributed by atoms with Crippen LogP contribution in [0.2, 0.25) is 5.02 Å². The number of thiazole rings is 1. The van der Waals surface area contributed by atoms with Crippen molar-refractivity contribution in [2.45, 2.75) is 13.5 Å². The van der Waals surface area contributed by atoms with Gasteiger partial charge in [0.1, 0.15) is 0 Å². The van der Waals surface area contributed by atoms with E-state index in [-0.39, 0.29) is 5.91 Å². The van der Waals surface area contributed by atoms with Crippen LogP contribution in [0.1, 0.15) is 16.6 Å². The highest BCUT2D eigenvalue weighted by molar-refractivity contribution is 7.16. The van der Waals surface area contributed by atoms with Crippen LogP contribution in [0.5, 0.6) is 0 Å². The first-order valence-electron chi connectivity index (χ1n) is 7.19. The third kappa shape index (κ3) is 3.55. The molecule has 1 amide bonds. The zero-order valence-corrected chi connectivity index (χ0v) is 14.9. The van der Waals surface area contributed by atoms with Crippen molar-refractivity contribution in [3.05, 3.63) is 50.4 Å². The average Bonchev–Trinajstić information content (AvgIpc) is 3.17. The lowest BCUT2D eigenvalue weighted by Crippen LogP contribution is -2.19. The number of thiophene rings is 1. The molecule has 0 atom stereocenters. The summed E-state index contributed by atoms with van der Waals surface area (Å²) in [7, 11) is 0. The Morgan fingerprint density at radius 1 is 1.35 bits per heavy atom. The van der Waals surface area contributed by atoms with E-state index in [1.165, 1.54) is 22.7 Å². The van der Waals surface area contributed by atoms with Crippen LogP contribution >= 0.6 is 34.3 Å². The molecule has 0 bridgehead atoms. The molecule has 0 N–H and O–H groups in total. The number of hydrogen-bond acceptors (Lipinski definition) is 4. The van der Waals surface area contributed by atoms with E-state index >= 15 is 0 Å². The second kappa shape index (κ2) is 7.40. The van der Waals surface area contributed by atoms with Crippen LogP contribution < -0.4 is 4.80 Å². The van der Waals surface area contributed by atoms with Crippen LogP contribution in [-0.2, 0) is 11.3 Å². The number of nitrogens with zero attached hydrogens (tertiary/aromatic N) is 2. The first kappa shape index (κ1) is 16.4. The van der Waals surface area contributed by atoms with Crippen molar-refractivity contribution in [3.63, 3.8) is 0 Å². The van der Waals surface area contributed by atoms with Crippen molar-refractivity contribution in [2.24, 2.45) is 4.99 Å². The maximum atomic E-state index is 12.3. The molecule has 0 spiro atoms. The molecule has 2 heterocycles. The smallest absolute Gasteiger partial charge is 0.289 e. The molecule has 3 aromatic rings. The first-order valence-corrected chi connectivity index (χ1v) is 9.26. The minimum atomic E-state index is -0.229. The summed E-state index contributed by atoms with van der Waals surface area (Å²) >= 11 is 9.20. The number of hydrogen-bond donors (Lipinski definition) is 0. The maximum absolute atomic E-state index is 12.3. The van der Waals surface area contributed by atoms with Crippen molar-refractivity contribution in [3.8, 4) is 0 Å². The number of para-hydroxylation sites is 1. The van der Waals surface area contributed by atoms with Crippen molar-refractivity contribution >= 4 is 50.4 Å². The van der Waals surface area contributed by atoms with Gasteiger partial charge in [-0.15, -0.1) is 11.3 Å². The van der Waals surface area contributed by atoms with Gasteiger partial charge in [-0.05, 0) is 30.5 Å². The first-order chi connectivity index (χ1) is 11.2. The zero-order chi connectivity index (χ0) is 16.2. The predicted octanol–water partition coefficient (Wildman–Crippen LogP) is 4.20. The van der Waals surface area contributed by atoms with Gasteiger partial charge in [0.2, 0.25) is 0 Å². The standard InChI is InChI=1S/C16H15ClN2O2S2/c1-2-21-9-8-19-14-11(17)5-3-6-12(14)23-16(19)18-15(20)13-7-4-10-22-13/h3-7,10H,2,8-9H2,1H3. The molecule has 0 aliphatic rings. The summed E-state index contributed by atoms with van der Waals surface area (Å²) in [5.74, 6) is -0.229. The Hall–Kier alpha value is -1.47. The molecule has 0 radical (unpaired) electrons. The number of halogens is 1. The molecule has 0 unspecified atom stereocenters. The minimum Gasteiger partial charge on any atom is -0.380 e. The van der Waals surface area contributed by atoms with Gasteiger partial charge in [0.25, 0.3) is 5.91 Å². The molecule has 23 heavy (non-hydrogen) atoms. The van der Waals surface area contributed by atoms with Gasteiger partial charge in [0, 0.05) is 13.2 Å². The molecular weight excluding hydrogens is 352 g/mol. The van der Waals surface area contributed by atoms with Gasteiger partial charge in [0.05, 0.1) is 26.7 Å². The highest BCUT2D eigenvalue weighted by atomic mass is 35.5. The van der Waals surface area contributed by atoms with Gasteiger partial charge in [-0.25, -0.2) is 0 Å². The second-order valence-corrected chi connectivity index (χ2v) is 7.08. The number of carbonyl (C=O) groups excluding carboxylic acids is 1. The molecule has 0 saturated carbocycles. The Bertz CT molecular complexity index is 881. The Morgan fingerprint density at radius 2 is 2.22 bits per heavy atom. The Balaban J connectivity index is 2.09. The fraction of sp³-hybridized carbons (Fsp3) is 0.250. The molecular formula is C16H15ClN2O2S2. The lowest BCUT2D eigenvalue weighted by molar-refractivity contribution is 0.100. The van der Waals surface area contributed by atoms with Gasteiger partial charge >= 0.3 is 0 Å². The monoisotopic (exact) mass is 366 g/mol. The number of carbonyl (C=O) groups is 1. The summed E-state index contributed by atoms with van der Waals surface area (Å²) in [6.07, 6.45) is 0. The van der Waals surface area contributed by atoms with E-state index in [0.29, 0.717) is 34.5 Å². The highest BCUT2D eigenvalue weighted by Crippen LogP contribution is 2.25. The van der Waals surface area contributed by atoms with E-state index in [4.69, 9.17) is 16.3 Å². The van der Waals surface area contributed by atoms with Crippen LogP contribution in [0.15, 0.2) is 40.7 Å². The summed E-state index contributed by atoms with van der Waals surface area (Å²) in [6.45, 7) is 3.76. The molecule has 0 aliphatic heterocycles. The molecule has 1 aromatic carbocycles. The van der Waals surface area contributed by atoms with Crippen LogP contribution in [0, 0.1) is 0 Å². The van der Waals surface area contributed by atoms with Crippen molar-refractivity contribution in [1.82, 2.24) is 4.57 Å². The molecule has 4 nitrogen and oxygen atoms in total. The van der Waals surface area contributed by atoms with E-state index in [1.807, 2.05) is 41.1 Å². The fourth-order valence-electron chi connectivity index (χ4n) is 2.22. The van der Waals surface area contributed by atoms with Gasteiger partial charge in [-0.3, -0.25) is 4.79 Å². The van der Waals surface area contributed by atoms with Crippen molar-refractivity contribution in [1.29, 1.82) is 0 Å². The topological polar surface area (TPSA) is 43.6 Å². The number of aromatic nitrogens is 1. The Kier molecular flexibility index (Phi) is 5.27. The van der Waals surface area contributed by atoms with E-state index in [2.05, 4.69) is 4.99 Å². The Morgan fingerprint density at radius 3 is 2.96 bits per heavy atom. The molecule has 0 aliphatic carbocycles. The molecule has 3 rings (SSSR count). The zero-order valence-electron chi connectivity index (χ0n) is 12.5. The number of ether oxygens (including phenoxy) is 1. The third-order valence-corrected chi connectivity index (χ3v) is 5.45. The largest absolute Gasteiger partial charge is 0.380 e. The van der Waals surface area contributed by atoms with Gasteiger partial charge in [-0.1, -0.05) is 35.1 Å². The van der Waals surface area contributed by atoms with E-state index < -0.39 is 0 Å². The number of rotatable bonds is 5. The van der Waals surface area contributed by atoms with Crippen molar-refractivity contribution in [2.75, 3.05) is 13.2 Å². The SMILES string of the molecule is CCOCCn1c(=NC(=O)c2cccs2)sc2cccc(Cl)c21. The van der Waals surface area contributed by atoms with Gasteiger partial charge < -0.3 is 9.30 Å². The summed E-state index contributed by atoms with van der Waals surface area (Å²) in [5, 5.41) is 2.52. The van der Waals surface area contributed by atoms with Crippen LogP contribution in [0.4, 0.5) is 0 Å². The number of amides is 1. The third-order valence-electron chi connectivity index (χ3n) is 3.24. The number of benzene rings is 1. The highest BCUT2D eigenvalue weighted by Gasteiger charge is 2.12. The summed E-state index contributed by atoms with van der Waals surface area (Å²) in [4.78, 5) is 17.9. The summed E-state index contributed by atoms with van der Waals surface area (Å²) in [5.41, 5.74) is 0.900. The molecule has 2 aromatic heterocycles. The van der Waals surface area contributed by atoms with Crippen LogP contribution in [0.3, 0.4) is 0 Å². The molecule has 0 saturated heterocycles. The summed E-state index contributed by atoms with van der Waals surface area (Å²) in [6, 6.07) is 9.36. The lowest BCUT2D eigenvalue weighted by atomic mass is 10.3. The molecule has 120 valence electrons.